The first-order chi connectivity index (χ1) is 21.6. The fourth-order valence-corrected chi connectivity index (χ4v) is 5.21. The summed E-state index contributed by atoms with van der Waals surface area (Å²) in [6.45, 7) is 1.90. The Kier molecular flexibility index (Phi) is 14.0. The number of benzene rings is 2. The molecule has 250 valence electrons. The average molecular weight is 644 g/mol. The smallest absolute Gasteiger partial charge is 0.336 e. The van der Waals surface area contributed by atoms with Gasteiger partial charge in [0.1, 0.15) is 5.54 Å². The van der Waals surface area contributed by atoms with Crippen LogP contribution in [0.1, 0.15) is 50.2 Å². The number of amides is 1. The summed E-state index contributed by atoms with van der Waals surface area (Å²) < 4.78 is 5.17. The van der Waals surface area contributed by atoms with Crippen LogP contribution in [0.3, 0.4) is 0 Å². The minimum Gasteiger partial charge on any atom is -0.481 e. The van der Waals surface area contributed by atoms with Crippen molar-refractivity contribution >= 4 is 35.6 Å². The maximum atomic E-state index is 13.6. The molecule has 2 aromatic rings. The van der Waals surface area contributed by atoms with Crippen LogP contribution in [0.2, 0.25) is 0 Å². The van der Waals surface area contributed by atoms with Gasteiger partial charge in [-0.3, -0.25) is 24.0 Å². The number of rotatable bonds is 15. The van der Waals surface area contributed by atoms with Crippen molar-refractivity contribution in [2.75, 3.05) is 6.61 Å². The zero-order valence-electron chi connectivity index (χ0n) is 25.5. The van der Waals surface area contributed by atoms with E-state index in [0.29, 0.717) is 32.1 Å². The molecule has 1 aliphatic rings. The number of nitrogens with one attached hydrogen (secondary N) is 1. The number of carbonyl (C=O) groups excluding carboxylic acids is 3. The summed E-state index contributed by atoms with van der Waals surface area (Å²) in [5.41, 5.74) is 10.3. The molecule has 0 bridgehead atoms. The molecule has 1 fully saturated rings. The molecule has 46 heavy (non-hydrogen) atoms. The molecule has 14 heteroatoms. The minimum atomic E-state index is -2.74. The molecule has 2 unspecified atom stereocenters. The number of hydrogen-bond donors (Lipinski definition) is 7. The van der Waals surface area contributed by atoms with Gasteiger partial charge in [-0.1, -0.05) is 67.1 Å². The monoisotopic (exact) mass is 643 g/mol. The van der Waals surface area contributed by atoms with Crippen LogP contribution in [0.4, 0.5) is 0 Å². The highest BCUT2D eigenvalue weighted by atomic mass is 16.5. The quantitative estimate of drug-likeness (QED) is 0.132. The molecular weight excluding hydrogens is 602 g/mol. The number of aliphatic carboxylic acids is 3. The van der Waals surface area contributed by atoms with Crippen molar-refractivity contribution in [2.45, 2.75) is 75.1 Å². The predicted octanol–water partition coefficient (Wildman–Crippen LogP) is 0.665. The van der Waals surface area contributed by atoms with Crippen LogP contribution in [0.25, 0.3) is 0 Å². The fraction of sp³-hybridized carbons (Fsp3) is 0.438. The van der Waals surface area contributed by atoms with Crippen molar-refractivity contribution in [2.24, 2.45) is 17.4 Å². The van der Waals surface area contributed by atoms with Gasteiger partial charge in [0.2, 0.25) is 5.91 Å². The molecule has 9 N–H and O–H groups in total. The average Bonchev–Trinajstić information content (AvgIpc) is 3.39. The third-order valence-electron chi connectivity index (χ3n) is 7.57. The van der Waals surface area contributed by atoms with E-state index in [0.717, 1.165) is 11.1 Å². The van der Waals surface area contributed by atoms with Gasteiger partial charge in [-0.05, 0) is 43.7 Å². The van der Waals surface area contributed by atoms with Crippen LogP contribution in [0.15, 0.2) is 60.7 Å². The number of esters is 1. The SMILES string of the molecule is CCOC(=O)C1(N)CCCC1C(=O)[C@H](Cc1ccccc1)NC(=O)[C@@H](N)Cc1ccccc1.O=C(O)CC(O)(CC(=O)O)C(=O)O. The topological polar surface area (TPSA) is 257 Å². The summed E-state index contributed by atoms with van der Waals surface area (Å²) in [5.74, 6) is -6.98. The molecule has 0 spiro atoms. The van der Waals surface area contributed by atoms with Crippen LogP contribution in [-0.2, 0) is 46.3 Å². The first-order valence-electron chi connectivity index (χ1n) is 14.7. The number of carboxylic acids is 3. The molecular formula is C32H41N3O11. The molecule has 1 aliphatic carbocycles. The summed E-state index contributed by atoms with van der Waals surface area (Å²) >= 11 is 0. The van der Waals surface area contributed by atoms with Gasteiger partial charge < -0.3 is 41.9 Å². The Morgan fingerprint density at radius 1 is 0.913 bits per heavy atom. The minimum absolute atomic E-state index is 0.192. The number of ketones is 1. The van der Waals surface area contributed by atoms with Gasteiger partial charge in [0.25, 0.3) is 0 Å². The van der Waals surface area contributed by atoms with Crippen molar-refractivity contribution < 1.29 is 53.9 Å². The van der Waals surface area contributed by atoms with E-state index in [1.54, 1.807) is 6.92 Å². The summed E-state index contributed by atoms with van der Waals surface area (Å²) in [6.07, 6.45) is -0.146. The van der Waals surface area contributed by atoms with Crippen molar-refractivity contribution in [3.8, 4) is 0 Å². The second kappa shape index (κ2) is 17.1. The van der Waals surface area contributed by atoms with Crippen molar-refractivity contribution in [3.63, 3.8) is 0 Å². The molecule has 0 heterocycles. The van der Waals surface area contributed by atoms with E-state index in [4.69, 9.17) is 36.6 Å². The number of nitrogens with two attached hydrogens (primary N) is 2. The standard InChI is InChI=1S/C26H33N3O4.C6H8O7/c1-2-33-25(32)26(28)15-9-14-20(26)23(30)22(17-19-12-7-4-8-13-19)29-24(31)21(27)16-18-10-5-3-6-11-18;7-3(8)1-6(13,5(11)12)2-4(9)10/h3-8,10-13,20-22H,2,9,14-17,27-28H2,1H3,(H,29,31);13H,1-2H2,(H,7,8)(H,9,10)(H,11,12)/t20?,21-,22-,26?;/m0./s1. The van der Waals surface area contributed by atoms with Crippen LogP contribution in [0, 0.1) is 5.92 Å². The number of Topliss-reactive ketones (excluding diaryl/α,β-unsaturated/α-hetero) is 1. The Morgan fingerprint density at radius 3 is 1.87 bits per heavy atom. The maximum Gasteiger partial charge on any atom is 0.336 e. The third kappa shape index (κ3) is 10.8. The normalized spacial score (nSPS) is 18.7. The van der Waals surface area contributed by atoms with Crippen molar-refractivity contribution in [1.29, 1.82) is 0 Å². The highest BCUT2D eigenvalue weighted by molar-refractivity contribution is 5.97. The predicted molar refractivity (Wildman–Crippen MR) is 163 cm³/mol. The molecule has 0 saturated heterocycles. The Labute approximate surface area is 265 Å². The Morgan fingerprint density at radius 2 is 1.41 bits per heavy atom. The van der Waals surface area contributed by atoms with Crippen LogP contribution >= 0.6 is 0 Å². The van der Waals surface area contributed by atoms with Crippen LogP contribution in [0.5, 0.6) is 0 Å². The second-order valence-electron chi connectivity index (χ2n) is 11.1. The molecule has 0 aliphatic heterocycles. The number of carbonyl (C=O) groups is 6. The van der Waals surface area contributed by atoms with Gasteiger partial charge in [-0.25, -0.2) is 4.79 Å². The number of hydrogen-bond acceptors (Lipinski definition) is 10. The Bertz CT molecular complexity index is 1350. The molecule has 3 rings (SSSR count). The zero-order chi connectivity index (χ0) is 34.5. The molecule has 0 radical (unpaired) electrons. The molecule has 1 amide bonds. The lowest BCUT2D eigenvalue weighted by Crippen LogP contribution is -2.59. The molecule has 14 nitrogen and oxygen atoms in total. The maximum absolute atomic E-state index is 13.6. The summed E-state index contributed by atoms with van der Waals surface area (Å²) in [6, 6.07) is 17.2. The highest BCUT2D eigenvalue weighted by Gasteiger charge is 2.52. The van der Waals surface area contributed by atoms with E-state index in [1.165, 1.54) is 0 Å². The lowest BCUT2D eigenvalue weighted by Gasteiger charge is -2.31. The fourth-order valence-electron chi connectivity index (χ4n) is 5.21. The lowest BCUT2D eigenvalue weighted by molar-refractivity contribution is -0.170. The summed E-state index contributed by atoms with van der Waals surface area (Å²) in [7, 11) is 0. The highest BCUT2D eigenvalue weighted by Crippen LogP contribution is 2.36. The van der Waals surface area contributed by atoms with E-state index in [2.05, 4.69) is 5.32 Å². The Balaban J connectivity index is 0.000000479. The van der Waals surface area contributed by atoms with Gasteiger partial charge in [0.05, 0.1) is 31.5 Å². The summed E-state index contributed by atoms with van der Waals surface area (Å²) in [4.78, 5) is 69.7. The van der Waals surface area contributed by atoms with E-state index in [1.807, 2.05) is 60.7 Å². The first kappa shape index (κ1) is 37.5. The largest absolute Gasteiger partial charge is 0.481 e. The van der Waals surface area contributed by atoms with E-state index < -0.39 is 71.8 Å². The van der Waals surface area contributed by atoms with Crippen molar-refractivity contribution in [3.05, 3.63) is 71.8 Å². The second-order valence-corrected chi connectivity index (χ2v) is 11.1. The lowest BCUT2D eigenvalue weighted by atomic mass is 9.81. The van der Waals surface area contributed by atoms with E-state index >= 15 is 0 Å². The van der Waals surface area contributed by atoms with Crippen LogP contribution in [-0.4, -0.2) is 85.8 Å². The molecule has 1 saturated carbocycles. The number of aliphatic hydroxyl groups is 1. The van der Waals surface area contributed by atoms with Crippen molar-refractivity contribution in [1.82, 2.24) is 5.32 Å². The van der Waals surface area contributed by atoms with Gasteiger partial charge in [0, 0.05) is 5.92 Å². The summed E-state index contributed by atoms with van der Waals surface area (Å²) in [5, 5.41) is 36.7. The van der Waals surface area contributed by atoms with Crippen LogP contribution < -0.4 is 16.8 Å². The van der Waals surface area contributed by atoms with Gasteiger partial charge in [-0.2, -0.15) is 0 Å². The first-order valence-corrected chi connectivity index (χ1v) is 14.7. The molecule has 0 aromatic heterocycles. The van der Waals surface area contributed by atoms with Gasteiger partial charge >= 0.3 is 23.9 Å². The van der Waals surface area contributed by atoms with Gasteiger partial charge in [-0.15, -0.1) is 0 Å². The molecule has 4 atom stereocenters. The number of carboxylic acid groups (broad SMARTS) is 3. The number of ether oxygens (including phenoxy) is 1. The Hall–Kier alpha value is -4.66. The third-order valence-corrected chi connectivity index (χ3v) is 7.57. The molecule has 2 aromatic carbocycles. The van der Waals surface area contributed by atoms with Gasteiger partial charge in [0.15, 0.2) is 11.4 Å². The van der Waals surface area contributed by atoms with E-state index in [-0.39, 0.29) is 12.4 Å². The zero-order valence-corrected chi connectivity index (χ0v) is 25.5. The van der Waals surface area contributed by atoms with E-state index in [9.17, 15) is 28.8 Å².